The van der Waals surface area contributed by atoms with E-state index in [9.17, 15) is 9.18 Å². The second-order valence-corrected chi connectivity index (χ2v) is 8.98. The highest BCUT2D eigenvalue weighted by Crippen LogP contribution is 2.27. The zero-order chi connectivity index (χ0) is 24.9. The Kier molecular flexibility index (Phi) is 6.94. The Morgan fingerprint density at radius 3 is 2.39 bits per heavy atom. The third-order valence-electron chi connectivity index (χ3n) is 6.79. The monoisotopic (exact) mass is 477 g/mol. The van der Waals surface area contributed by atoms with Crippen LogP contribution >= 0.6 is 0 Å². The molecular weight excluding hydrogens is 449 g/mol. The number of allylic oxidation sites excluding steroid dienone is 4. The summed E-state index contributed by atoms with van der Waals surface area (Å²) in [5.41, 5.74) is 5.12. The van der Waals surface area contributed by atoms with Gasteiger partial charge in [0.2, 0.25) is 0 Å². The number of ketones is 1. The fraction of sp³-hybridized carbons (Fsp3) is 0.156. The first-order valence-electron chi connectivity index (χ1n) is 12.2. The molecule has 0 radical (unpaired) electrons. The van der Waals surface area contributed by atoms with Crippen molar-refractivity contribution in [3.8, 4) is 16.9 Å². The van der Waals surface area contributed by atoms with Gasteiger partial charge < -0.3 is 10.1 Å². The van der Waals surface area contributed by atoms with Crippen LogP contribution in [0.3, 0.4) is 0 Å². The van der Waals surface area contributed by atoms with E-state index in [-0.39, 0.29) is 17.5 Å². The van der Waals surface area contributed by atoms with Gasteiger partial charge in [0.05, 0.1) is 7.11 Å². The maximum atomic E-state index is 13.9. The van der Waals surface area contributed by atoms with Gasteiger partial charge in [0.15, 0.2) is 5.78 Å². The van der Waals surface area contributed by atoms with Crippen LogP contribution in [0.4, 0.5) is 4.39 Å². The van der Waals surface area contributed by atoms with E-state index in [0.29, 0.717) is 5.56 Å². The molecule has 3 nitrogen and oxygen atoms in total. The van der Waals surface area contributed by atoms with Crippen LogP contribution in [-0.4, -0.2) is 12.9 Å². The van der Waals surface area contributed by atoms with E-state index in [1.807, 2.05) is 67.0 Å². The Labute approximate surface area is 210 Å². The first kappa shape index (κ1) is 23.6. The molecule has 6 rings (SSSR count). The normalized spacial score (nSPS) is 16.4. The number of benzene rings is 3. The van der Waals surface area contributed by atoms with Crippen molar-refractivity contribution in [2.75, 3.05) is 7.11 Å². The van der Waals surface area contributed by atoms with Crippen LogP contribution in [0.1, 0.15) is 27.9 Å². The lowest BCUT2D eigenvalue weighted by Crippen LogP contribution is -2.37. The molecule has 3 aromatic carbocycles. The quantitative estimate of drug-likeness (QED) is 0.525. The van der Waals surface area contributed by atoms with E-state index in [1.165, 1.54) is 11.6 Å². The number of hydrogen-bond acceptors (Lipinski definition) is 3. The number of aryl methyl sites for hydroxylation is 1. The van der Waals surface area contributed by atoms with Crippen molar-refractivity contribution in [3.63, 3.8) is 0 Å². The Morgan fingerprint density at radius 1 is 0.889 bits per heavy atom. The van der Waals surface area contributed by atoms with Crippen molar-refractivity contribution in [2.45, 2.75) is 19.3 Å². The van der Waals surface area contributed by atoms with Gasteiger partial charge in [-0.05, 0) is 101 Å². The van der Waals surface area contributed by atoms with Gasteiger partial charge in [-0.3, -0.25) is 4.79 Å². The fourth-order valence-electron chi connectivity index (χ4n) is 4.92. The number of Topliss-reactive ketones (excluding diaryl/α,β-unsaturated/α-hetero) is 1. The Balaban J connectivity index is 0.000000330. The van der Waals surface area contributed by atoms with Crippen LogP contribution in [0.2, 0.25) is 0 Å². The highest BCUT2D eigenvalue weighted by Gasteiger charge is 2.23. The molecule has 0 fully saturated rings. The van der Waals surface area contributed by atoms with Crippen LogP contribution < -0.4 is 20.5 Å². The third kappa shape index (κ3) is 4.94. The zero-order valence-corrected chi connectivity index (χ0v) is 20.2. The number of nitrogens with one attached hydrogen (secondary N) is 1. The van der Waals surface area contributed by atoms with E-state index in [2.05, 4.69) is 29.6 Å². The van der Waals surface area contributed by atoms with Crippen molar-refractivity contribution < 1.29 is 13.9 Å². The molecule has 1 unspecified atom stereocenters. The number of methoxy groups -OCH3 is 1. The molecule has 0 spiro atoms. The van der Waals surface area contributed by atoms with Crippen molar-refractivity contribution in [1.82, 2.24) is 5.32 Å². The minimum atomic E-state index is -0.217. The lowest BCUT2D eigenvalue weighted by atomic mass is 9.82. The van der Waals surface area contributed by atoms with Crippen molar-refractivity contribution >= 4 is 17.9 Å². The number of hydrogen-bond donors (Lipinski definition) is 1. The number of carbonyl (C=O) groups is 1. The fourth-order valence-corrected chi connectivity index (χ4v) is 4.92. The molecular formula is C32H28FNO2. The molecule has 36 heavy (non-hydrogen) atoms. The molecule has 1 N–H and O–H groups in total. The van der Waals surface area contributed by atoms with Crippen LogP contribution in [0.15, 0.2) is 91.3 Å². The molecule has 3 aliphatic rings. The molecule has 4 heteroatoms. The van der Waals surface area contributed by atoms with Crippen LogP contribution in [0, 0.1) is 11.7 Å². The molecule has 0 saturated carbocycles. The number of carbonyl (C=O) groups excluding carboxylic acids is 1. The summed E-state index contributed by atoms with van der Waals surface area (Å²) in [7, 11) is 1.62. The van der Waals surface area contributed by atoms with E-state index in [4.69, 9.17) is 4.74 Å². The molecule has 0 bridgehead atoms. The lowest BCUT2D eigenvalue weighted by molar-refractivity contribution is 0.0946. The highest BCUT2D eigenvalue weighted by atomic mass is 19.1. The number of rotatable bonds is 3. The van der Waals surface area contributed by atoms with Crippen molar-refractivity contribution in [2.24, 2.45) is 5.92 Å². The molecule has 180 valence electrons. The minimum absolute atomic E-state index is 0.137. The minimum Gasteiger partial charge on any atom is -0.497 e. The van der Waals surface area contributed by atoms with Crippen molar-refractivity contribution in [1.29, 1.82) is 0 Å². The summed E-state index contributed by atoms with van der Waals surface area (Å²) in [5.74, 6) is 0.516. The maximum Gasteiger partial charge on any atom is 0.169 e. The molecule has 1 heterocycles. The standard InChI is InChI=1S/C26H21FO2.C6H7N/c1-29-21-10-5-18(6-11-21)26(28)19-3-2-16-7-13-23-22(24(16)14-19)12-8-17-4-9-20(27)15-25(17)23;1-2-4-6-7-5-3-1/h4-7,9-15,19H,2-3,8H2,1H3;1-7H. The first-order valence-corrected chi connectivity index (χ1v) is 12.2. The summed E-state index contributed by atoms with van der Waals surface area (Å²) in [5, 5.41) is 5.19. The Bertz CT molecular complexity index is 1480. The van der Waals surface area contributed by atoms with E-state index >= 15 is 0 Å². The average Bonchev–Trinajstić information content (AvgIpc) is 3.26. The number of fused-ring (bicyclic) bond motifs is 5. The van der Waals surface area contributed by atoms with Gasteiger partial charge in [0.1, 0.15) is 11.6 Å². The molecule has 2 aliphatic carbocycles. The van der Waals surface area contributed by atoms with Gasteiger partial charge in [-0.2, -0.15) is 0 Å². The SMILES string of the molecule is C1=CC=CNC=C1.COc1ccc(C(=O)C2C=c3c(ccc4c3=CCc3ccc(F)cc3-4)CC2)cc1. The van der Waals surface area contributed by atoms with Gasteiger partial charge in [0, 0.05) is 23.9 Å². The predicted molar refractivity (Wildman–Crippen MR) is 143 cm³/mol. The highest BCUT2D eigenvalue weighted by molar-refractivity contribution is 6.01. The third-order valence-corrected chi connectivity index (χ3v) is 6.79. The van der Waals surface area contributed by atoms with Crippen molar-refractivity contribution in [3.05, 3.63) is 124 Å². The zero-order valence-electron chi connectivity index (χ0n) is 20.2. The van der Waals surface area contributed by atoms with Gasteiger partial charge in [-0.1, -0.05) is 42.5 Å². The maximum absolute atomic E-state index is 13.9. The molecule has 0 amide bonds. The molecule has 3 aromatic rings. The lowest BCUT2D eigenvalue weighted by Gasteiger charge is -2.21. The molecule has 0 aromatic heterocycles. The molecule has 0 saturated heterocycles. The van der Waals surface area contributed by atoms with E-state index < -0.39 is 0 Å². The summed E-state index contributed by atoms with van der Waals surface area (Å²) in [6, 6.07) is 16.5. The largest absolute Gasteiger partial charge is 0.497 e. The topological polar surface area (TPSA) is 38.3 Å². The number of halogens is 1. The van der Waals surface area contributed by atoms with Gasteiger partial charge in [-0.25, -0.2) is 4.39 Å². The van der Waals surface area contributed by atoms with Crippen LogP contribution in [-0.2, 0) is 12.8 Å². The van der Waals surface area contributed by atoms with E-state index in [1.54, 1.807) is 13.2 Å². The summed E-state index contributed by atoms with van der Waals surface area (Å²) in [6.07, 6.45) is 18.4. The van der Waals surface area contributed by atoms with Gasteiger partial charge >= 0.3 is 0 Å². The van der Waals surface area contributed by atoms with Crippen LogP contribution in [0.5, 0.6) is 5.75 Å². The average molecular weight is 478 g/mol. The summed E-state index contributed by atoms with van der Waals surface area (Å²) >= 11 is 0. The Morgan fingerprint density at radius 2 is 1.64 bits per heavy atom. The molecule has 1 aliphatic heterocycles. The Hall–Kier alpha value is -4.18. The second-order valence-electron chi connectivity index (χ2n) is 8.98. The van der Waals surface area contributed by atoms with Crippen LogP contribution in [0.25, 0.3) is 23.3 Å². The second kappa shape index (κ2) is 10.6. The van der Waals surface area contributed by atoms with E-state index in [0.717, 1.165) is 52.1 Å². The predicted octanol–water partition coefficient (Wildman–Crippen LogP) is 5.24. The van der Waals surface area contributed by atoms with Gasteiger partial charge in [-0.15, -0.1) is 0 Å². The summed E-state index contributed by atoms with van der Waals surface area (Å²) in [6.45, 7) is 0. The summed E-state index contributed by atoms with van der Waals surface area (Å²) < 4.78 is 19.1. The smallest absolute Gasteiger partial charge is 0.169 e. The van der Waals surface area contributed by atoms with Gasteiger partial charge in [0.25, 0.3) is 0 Å². The summed E-state index contributed by atoms with van der Waals surface area (Å²) in [4.78, 5) is 13.1. The molecule has 1 atom stereocenters. The first-order chi connectivity index (χ1) is 17.6. The number of ether oxygens (including phenoxy) is 1.